The van der Waals surface area contributed by atoms with E-state index in [2.05, 4.69) is 29.0 Å². The van der Waals surface area contributed by atoms with Crippen molar-refractivity contribution in [3.63, 3.8) is 0 Å². The van der Waals surface area contributed by atoms with Crippen LogP contribution in [0.15, 0.2) is 24.4 Å². The molecular weight excluding hydrogens is 356 g/mol. The number of aromatic nitrogens is 2. The fourth-order valence-electron chi connectivity index (χ4n) is 3.54. The van der Waals surface area contributed by atoms with Crippen molar-refractivity contribution in [1.29, 1.82) is 0 Å². The fraction of sp³-hybridized carbons (Fsp3) is 0.476. The number of hydrogen-bond donors (Lipinski definition) is 1. The lowest BCUT2D eigenvalue weighted by Gasteiger charge is -2.25. The van der Waals surface area contributed by atoms with E-state index in [1.54, 1.807) is 26.4 Å². The zero-order chi connectivity index (χ0) is 20.1. The number of carbonyl (C=O) groups excluding carboxylic acids is 1. The Morgan fingerprint density at radius 2 is 1.96 bits per heavy atom. The Bertz CT molecular complexity index is 836. The molecule has 150 valence electrons. The van der Waals surface area contributed by atoms with E-state index >= 15 is 0 Å². The Labute approximate surface area is 166 Å². The largest absolute Gasteiger partial charge is 0.493 e. The van der Waals surface area contributed by atoms with Gasteiger partial charge in [-0.05, 0) is 50.8 Å². The smallest absolute Gasteiger partial charge is 0.227 e. The highest BCUT2D eigenvalue weighted by Crippen LogP contribution is 2.31. The number of methoxy groups -OCH3 is 2. The Balaban J connectivity index is 1.69. The summed E-state index contributed by atoms with van der Waals surface area (Å²) in [4.78, 5) is 24.1. The number of rotatable bonds is 7. The summed E-state index contributed by atoms with van der Waals surface area (Å²) >= 11 is 0. The monoisotopic (exact) mass is 384 g/mol. The minimum Gasteiger partial charge on any atom is -0.493 e. The first kappa shape index (κ1) is 19.9. The number of nitrogens with zero attached hydrogens (tertiary/aromatic N) is 3. The van der Waals surface area contributed by atoms with Crippen LogP contribution in [-0.4, -0.2) is 43.2 Å². The van der Waals surface area contributed by atoms with Gasteiger partial charge in [0, 0.05) is 42.7 Å². The van der Waals surface area contributed by atoms with E-state index in [1.165, 1.54) is 0 Å². The third-order valence-electron chi connectivity index (χ3n) is 5.21. The number of nitrogens with one attached hydrogen (secondary N) is 1. The van der Waals surface area contributed by atoms with E-state index < -0.39 is 0 Å². The first-order valence-corrected chi connectivity index (χ1v) is 9.72. The lowest BCUT2D eigenvalue weighted by Crippen LogP contribution is -2.30. The Morgan fingerprint density at radius 1 is 1.21 bits per heavy atom. The second kappa shape index (κ2) is 8.91. The number of anilines is 2. The molecule has 7 heteroatoms. The van der Waals surface area contributed by atoms with Crippen molar-refractivity contribution in [2.75, 3.05) is 37.5 Å². The maximum absolute atomic E-state index is 12.8. The van der Waals surface area contributed by atoms with Gasteiger partial charge in [0.2, 0.25) is 11.9 Å². The average molecular weight is 384 g/mol. The maximum Gasteiger partial charge on any atom is 0.227 e. The van der Waals surface area contributed by atoms with Crippen molar-refractivity contribution in [2.45, 2.75) is 33.1 Å². The highest BCUT2D eigenvalue weighted by Gasteiger charge is 2.26. The molecule has 1 heterocycles. The minimum atomic E-state index is -0.0940. The number of fused-ring (bicyclic) bond motifs is 1. The molecule has 0 unspecified atom stereocenters. The zero-order valence-corrected chi connectivity index (χ0v) is 17.0. The maximum atomic E-state index is 12.8. The van der Waals surface area contributed by atoms with Gasteiger partial charge < -0.3 is 19.7 Å². The molecule has 0 bridgehead atoms. The fourth-order valence-corrected chi connectivity index (χ4v) is 3.54. The lowest BCUT2D eigenvalue weighted by atomic mass is 9.86. The molecule has 0 saturated carbocycles. The molecule has 1 amide bonds. The van der Waals surface area contributed by atoms with Gasteiger partial charge >= 0.3 is 0 Å². The van der Waals surface area contributed by atoms with Crippen LogP contribution in [0, 0.1) is 5.92 Å². The number of benzene rings is 1. The van der Waals surface area contributed by atoms with Gasteiger partial charge in [0.25, 0.3) is 0 Å². The van der Waals surface area contributed by atoms with Gasteiger partial charge in [0.15, 0.2) is 11.5 Å². The molecule has 0 fully saturated rings. The van der Waals surface area contributed by atoms with Crippen LogP contribution in [0.4, 0.5) is 11.6 Å². The number of hydrogen-bond acceptors (Lipinski definition) is 6. The van der Waals surface area contributed by atoms with Crippen molar-refractivity contribution < 1.29 is 14.3 Å². The van der Waals surface area contributed by atoms with Crippen molar-refractivity contribution in [1.82, 2.24) is 9.97 Å². The summed E-state index contributed by atoms with van der Waals surface area (Å²) in [5.41, 5.74) is 2.82. The molecule has 0 saturated heterocycles. The second-order valence-corrected chi connectivity index (χ2v) is 6.81. The molecule has 1 N–H and O–H groups in total. The van der Waals surface area contributed by atoms with E-state index in [1.807, 2.05) is 12.3 Å². The number of carbonyl (C=O) groups is 1. The van der Waals surface area contributed by atoms with Gasteiger partial charge in [-0.25, -0.2) is 9.97 Å². The lowest BCUT2D eigenvalue weighted by molar-refractivity contribution is -0.120. The molecule has 1 aromatic carbocycles. The SMILES string of the molecule is CCN(CC)c1ncc2c(n1)CC[C@@H](C(=O)Nc1ccc(OC)c(OC)c1)C2. The molecule has 0 radical (unpaired) electrons. The van der Waals surface area contributed by atoms with Crippen molar-refractivity contribution in [2.24, 2.45) is 5.92 Å². The minimum absolute atomic E-state index is 0.00527. The molecule has 1 aliphatic rings. The van der Waals surface area contributed by atoms with E-state index in [0.29, 0.717) is 23.6 Å². The highest BCUT2D eigenvalue weighted by molar-refractivity contribution is 5.93. The summed E-state index contributed by atoms with van der Waals surface area (Å²) in [6.07, 6.45) is 4.11. The van der Waals surface area contributed by atoms with Crippen molar-refractivity contribution in [3.05, 3.63) is 35.7 Å². The molecule has 1 aliphatic carbocycles. The van der Waals surface area contributed by atoms with Gasteiger partial charge in [-0.2, -0.15) is 0 Å². The summed E-state index contributed by atoms with van der Waals surface area (Å²) in [5, 5.41) is 2.99. The van der Waals surface area contributed by atoms with Crippen LogP contribution in [0.25, 0.3) is 0 Å². The molecular formula is C21H28N4O3. The zero-order valence-electron chi connectivity index (χ0n) is 17.0. The average Bonchev–Trinajstić information content (AvgIpc) is 2.74. The highest BCUT2D eigenvalue weighted by atomic mass is 16.5. The van der Waals surface area contributed by atoms with Crippen LogP contribution < -0.4 is 19.7 Å². The Morgan fingerprint density at radius 3 is 2.64 bits per heavy atom. The molecule has 7 nitrogen and oxygen atoms in total. The Kier molecular flexibility index (Phi) is 6.34. The second-order valence-electron chi connectivity index (χ2n) is 6.81. The third kappa shape index (κ3) is 4.18. The van der Waals surface area contributed by atoms with Crippen LogP contribution in [0.3, 0.4) is 0 Å². The van der Waals surface area contributed by atoms with Crippen LogP contribution in [0.5, 0.6) is 11.5 Å². The van der Waals surface area contributed by atoms with E-state index in [9.17, 15) is 4.79 Å². The summed E-state index contributed by atoms with van der Waals surface area (Å²) in [5.74, 6) is 1.91. The standard InChI is InChI=1S/C21H28N4O3/c1-5-25(6-2)21-22-13-15-11-14(7-9-17(15)24-21)20(26)23-16-8-10-18(27-3)19(12-16)28-4/h8,10,12-14H,5-7,9,11H2,1-4H3,(H,23,26)/t14-/m1/s1. The summed E-state index contributed by atoms with van der Waals surface area (Å²) in [6, 6.07) is 5.37. The molecule has 2 aromatic rings. The number of ether oxygens (including phenoxy) is 2. The van der Waals surface area contributed by atoms with Gasteiger partial charge in [-0.1, -0.05) is 0 Å². The van der Waals surface area contributed by atoms with Crippen molar-refractivity contribution >= 4 is 17.5 Å². The number of aryl methyl sites for hydroxylation is 1. The van der Waals surface area contributed by atoms with E-state index in [-0.39, 0.29) is 11.8 Å². The predicted octanol–water partition coefficient (Wildman–Crippen LogP) is 3.08. The van der Waals surface area contributed by atoms with Gasteiger partial charge in [-0.15, -0.1) is 0 Å². The van der Waals surface area contributed by atoms with E-state index in [0.717, 1.165) is 43.1 Å². The predicted molar refractivity (Wildman–Crippen MR) is 109 cm³/mol. The summed E-state index contributed by atoms with van der Waals surface area (Å²) in [7, 11) is 3.16. The van der Waals surface area contributed by atoms with E-state index in [4.69, 9.17) is 14.5 Å². The van der Waals surface area contributed by atoms with Crippen LogP contribution in [0.2, 0.25) is 0 Å². The molecule has 1 aromatic heterocycles. The quantitative estimate of drug-likeness (QED) is 0.791. The van der Waals surface area contributed by atoms with Gasteiger partial charge in [0.1, 0.15) is 0 Å². The summed E-state index contributed by atoms with van der Waals surface area (Å²) < 4.78 is 10.5. The van der Waals surface area contributed by atoms with Crippen molar-refractivity contribution in [3.8, 4) is 11.5 Å². The van der Waals surface area contributed by atoms with Gasteiger partial charge in [-0.3, -0.25) is 4.79 Å². The molecule has 1 atom stereocenters. The first-order chi connectivity index (χ1) is 13.6. The van der Waals surface area contributed by atoms with Gasteiger partial charge in [0.05, 0.1) is 14.2 Å². The van der Waals surface area contributed by atoms with Crippen LogP contribution in [0.1, 0.15) is 31.5 Å². The molecule has 3 rings (SSSR count). The topological polar surface area (TPSA) is 76.6 Å². The molecule has 0 aliphatic heterocycles. The van der Waals surface area contributed by atoms with Crippen LogP contribution in [-0.2, 0) is 17.6 Å². The number of amides is 1. The first-order valence-electron chi connectivity index (χ1n) is 9.72. The third-order valence-corrected chi connectivity index (χ3v) is 5.21. The summed E-state index contributed by atoms with van der Waals surface area (Å²) in [6.45, 7) is 5.96. The molecule has 0 spiro atoms. The normalized spacial score (nSPS) is 15.5. The Hall–Kier alpha value is -2.83. The molecule has 28 heavy (non-hydrogen) atoms. The van der Waals surface area contributed by atoms with Crippen LogP contribution >= 0.6 is 0 Å².